The van der Waals surface area contributed by atoms with Crippen LogP contribution in [-0.2, 0) is 14.3 Å². The minimum Gasteiger partial charge on any atom is -0.491 e. The van der Waals surface area contributed by atoms with E-state index in [4.69, 9.17) is 9.47 Å². The van der Waals surface area contributed by atoms with Crippen molar-refractivity contribution in [2.75, 3.05) is 19.6 Å². The van der Waals surface area contributed by atoms with Crippen LogP contribution in [0.15, 0.2) is 30.0 Å². The first kappa shape index (κ1) is 21.4. The lowest BCUT2D eigenvalue weighted by molar-refractivity contribution is -0.138. The predicted molar refractivity (Wildman–Crippen MR) is 112 cm³/mol. The molecule has 0 spiro atoms. The predicted octanol–water partition coefficient (Wildman–Crippen LogP) is 3.32. The van der Waals surface area contributed by atoms with Gasteiger partial charge < -0.3 is 14.4 Å². The molecule has 0 aliphatic carbocycles. The van der Waals surface area contributed by atoms with Crippen molar-refractivity contribution in [2.24, 2.45) is 5.92 Å². The molecular weight excluding hydrogens is 368 g/mol. The zero-order chi connectivity index (χ0) is 21.3. The fraction of sp³-hybridized carbons (Fsp3) is 0.565. The van der Waals surface area contributed by atoms with Crippen molar-refractivity contribution in [1.82, 2.24) is 9.80 Å². The van der Waals surface area contributed by atoms with Gasteiger partial charge in [0.1, 0.15) is 11.4 Å². The lowest BCUT2D eigenvalue weighted by atomic mass is 10.0. The van der Waals surface area contributed by atoms with E-state index in [0.29, 0.717) is 30.9 Å². The molecule has 158 valence electrons. The highest BCUT2D eigenvalue weighted by atomic mass is 16.5. The highest BCUT2D eigenvalue weighted by Gasteiger charge is 2.43. The molecular formula is C23H32N2O4. The monoisotopic (exact) mass is 400 g/mol. The van der Waals surface area contributed by atoms with E-state index in [-0.39, 0.29) is 36.0 Å². The maximum Gasteiger partial charge on any atom is 0.277 e. The standard InChI is InChI=1S/C23H32N2O4/c1-14(2)11-25-22(26)20(18-7-9-19(10-8-18)28-15(3)4)21(23(25)27)24-12-16(5)29-17(6)13-24/h7-10,14-17H,11-13H2,1-6H3. The maximum atomic E-state index is 13.3. The zero-order valence-corrected chi connectivity index (χ0v) is 18.3. The van der Waals surface area contributed by atoms with Gasteiger partial charge in [-0.15, -0.1) is 0 Å². The second-order valence-electron chi connectivity index (χ2n) is 8.69. The van der Waals surface area contributed by atoms with Crippen LogP contribution in [0, 0.1) is 5.92 Å². The van der Waals surface area contributed by atoms with Crippen LogP contribution in [-0.4, -0.2) is 59.6 Å². The number of rotatable bonds is 6. The summed E-state index contributed by atoms with van der Waals surface area (Å²) in [5.74, 6) is 0.522. The molecule has 1 aromatic rings. The van der Waals surface area contributed by atoms with Gasteiger partial charge in [-0.05, 0) is 51.3 Å². The first-order chi connectivity index (χ1) is 13.7. The summed E-state index contributed by atoms with van der Waals surface area (Å²) in [7, 11) is 0. The third kappa shape index (κ3) is 4.64. The van der Waals surface area contributed by atoms with Crippen LogP contribution in [0.25, 0.3) is 5.57 Å². The van der Waals surface area contributed by atoms with Crippen LogP contribution in [0.3, 0.4) is 0 Å². The molecule has 6 heteroatoms. The number of benzene rings is 1. The lowest BCUT2D eigenvalue weighted by Crippen LogP contribution is -2.47. The molecule has 2 aliphatic rings. The Morgan fingerprint density at radius 2 is 1.59 bits per heavy atom. The molecule has 1 fully saturated rings. The number of hydrogen-bond donors (Lipinski definition) is 0. The van der Waals surface area contributed by atoms with Gasteiger partial charge in [0, 0.05) is 19.6 Å². The number of amides is 2. The molecule has 29 heavy (non-hydrogen) atoms. The Hall–Kier alpha value is -2.34. The van der Waals surface area contributed by atoms with Crippen molar-refractivity contribution < 1.29 is 19.1 Å². The van der Waals surface area contributed by atoms with E-state index in [1.807, 2.05) is 70.7 Å². The molecule has 2 atom stereocenters. The minimum absolute atomic E-state index is 0.00336. The van der Waals surface area contributed by atoms with Gasteiger partial charge in [0.15, 0.2) is 0 Å². The van der Waals surface area contributed by atoms with Gasteiger partial charge in [-0.2, -0.15) is 0 Å². The summed E-state index contributed by atoms with van der Waals surface area (Å²) >= 11 is 0. The SMILES string of the molecule is CC(C)CN1C(=O)C(c2ccc(OC(C)C)cc2)=C(N2CC(C)OC(C)C2)C1=O. The molecule has 2 aliphatic heterocycles. The Labute approximate surface area is 173 Å². The average Bonchev–Trinajstić information content (AvgIpc) is 2.85. The van der Waals surface area contributed by atoms with Crippen LogP contribution >= 0.6 is 0 Å². The Bertz CT molecular complexity index is 788. The van der Waals surface area contributed by atoms with E-state index < -0.39 is 0 Å². The highest BCUT2D eigenvalue weighted by Crippen LogP contribution is 2.34. The van der Waals surface area contributed by atoms with E-state index in [1.54, 1.807) is 0 Å². The third-order valence-corrected chi connectivity index (χ3v) is 4.94. The van der Waals surface area contributed by atoms with Crippen molar-refractivity contribution >= 4 is 17.4 Å². The Kier molecular flexibility index (Phi) is 6.32. The number of morpholine rings is 1. The molecule has 0 aromatic heterocycles. The second kappa shape index (κ2) is 8.57. The van der Waals surface area contributed by atoms with Gasteiger partial charge in [0.05, 0.1) is 23.9 Å². The van der Waals surface area contributed by atoms with Crippen LogP contribution in [0.4, 0.5) is 0 Å². The zero-order valence-electron chi connectivity index (χ0n) is 18.3. The minimum atomic E-state index is -0.219. The van der Waals surface area contributed by atoms with Gasteiger partial charge in [0.2, 0.25) is 0 Å². The van der Waals surface area contributed by atoms with Crippen molar-refractivity contribution in [2.45, 2.75) is 59.9 Å². The normalized spacial score (nSPS) is 23.0. The fourth-order valence-electron chi connectivity index (χ4n) is 3.98. The Morgan fingerprint density at radius 3 is 2.10 bits per heavy atom. The van der Waals surface area contributed by atoms with Crippen LogP contribution < -0.4 is 4.74 Å². The summed E-state index contributed by atoms with van der Waals surface area (Å²) in [6.07, 6.45) is 0.0657. The van der Waals surface area contributed by atoms with E-state index in [9.17, 15) is 9.59 Å². The van der Waals surface area contributed by atoms with Crippen molar-refractivity contribution in [1.29, 1.82) is 0 Å². The van der Waals surface area contributed by atoms with Gasteiger partial charge in [-0.25, -0.2) is 0 Å². The molecule has 0 saturated carbocycles. The van der Waals surface area contributed by atoms with Crippen molar-refractivity contribution in [3.63, 3.8) is 0 Å². The summed E-state index contributed by atoms with van der Waals surface area (Å²) in [5.41, 5.74) is 1.72. The third-order valence-electron chi connectivity index (χ3n) is 4.94. The Balaban J connectivity index is 2.02. The molecule has 2 amide bonds. The number of nitrogens with zero attached hydrogens (tertiary/aromatic N) is 2. The van der Waals surface area contributed by atoms with Crippen LogP contribution in [0.2, 0.25) is 0 Å². The smallest absolute Gasteiger partial charge is 0.277 e. The van der Waals surface area contributed by atoms with E-state index in [1.165, 1.54) is 4.90 Å². The molecule has 1 aromatic carbocycles. The number of imide groups is 1. The summed E-state index contributed by atoms with van der Waals surface area (Å²) in [6.45, 7) is 13.5. The van der Waals surface area contributed by atoms with E-state index in [2.05, 4.69) is 0 Å². The molecule has 0 N–H and O–H groups in total. The van der Waals surface area contributed by atoms with Gasteiger partial charge in [-0.3, -0.25) is 14.5 Å². The number of carbonyl (C=O) groups is 2. The first-order valence-electron chi connectivity index (χ1n) is 10.4. The molecule has 2 heterocycles. The summed E-state index contributed by atoms with van der Waals surface area (Å²) in [6, 6.07) is 7.44. The molecule has 6 nitrogen and oxygen atoms in total. The molecule has 0 bridgehead atoms. The van der Waals surface area contributed by atoms with Gasteiger partial charge >= 0.3 is 0 Å². The van der Waals surface area contributed by atoms with Crippen molar-refractivity contribution in [3.8, 4) is 5.75 Å². The Morgan fingerprint density at radius 1 is 1.00 bits per heavy atom. The van der Waals surface area contributed by atoms with E-state index >= 15 is 0 Å². The van der Waals surface area contributed by atoms with Crippen LogP contribution in [0.5, 0.6) is 5.75 Å². The number of ether oxygens (including phenoxy) is 2. The van der Waals surface area contributed by atoms with Crippen molar-refractivity contribution in [3.05, 3.63) is 35.5 Å². The topological polar surface area (TPSA) is 59.1 Å². The fourth-order valence-corrected chi connectivity index (χ4v) is 3.98. The lowest BCUT2D eigenvalue weighted by Gasteiger charge is -2.37. The number of hydrogen-bond acceptors (Lipinski definition) is 5. The second-order valence-corrected chi connectivity index (χ2v) is 8.69. The van der Waals surface area contributed by atoms with Gasteiger partial charge in [-0.1, -0.05) is 26.0 Å². The summed E-state index contributed by atoms with van der Waals surface area (Å²) in [4.78, 5) is 30.0. The first-order valence-corrected chi connectivity index (χ1v) is 10.4. The highest BCUT2D eigenvalue weighted by molar-refractivity contribution is 6.35. The molecule has 2 unspecified atom stereocenters. The summed E-state index contributed by atoms with van der Waals surface area (Å²) in [5, 5.41) is 0. The van der Waals surface area contributed by atoms with Gasteiger partial charge in [0.25, 0.3) is 11.8 Å². The van der Waals surface area contributed by atoms with Crippen LogP contribution in [0.1, 0.15) is 47.1 Å². The molecule has 3 rings (SSSR count). The van der Waals surface area contributed by atoms with E-state index in [0.717, 1.165) is 11.3 Å². The number of carbonyl (C=O) groups excluding carboxylic acids is 2. The maximum absolute atomic E-state index is 13.3. The summed E-state index contributed by atoms with van der Waals surface area (Å²) < 4.78 is 11.6. The molecule has 0 radical (unpaired) electrons. The average molecular weight is 401 g/mol. The molecule has 1 saturated heterocycles. The largest absolute Gasteiger partial charge is 0.491 e. The quantitative estimate of drug-likeness (QED) is 0.686.